The second-order valence-corrected chi connectivity index (χ2v) is 3.67. The van der Waals surface area contributed by atoms with Gasteiger partial charge in [-0.3, -0.25) is 5.41 Å². The van der Waals surface area contributed by atoms with Crippen molar-refractivity contribution in [1.29, 1.82) is 5.41 Å². The fourth-order valence-electron chi connectivity index (χ4n) is 0.866. The van der Waals surface area contributed by atoms with Crippen LogP contribution in [-0.4, -0.2) is 24.8 Å². The fraction of sp³-hybridized carbons (Fsp3) is 0.222. The van der Waals surface area contributed by atoms with Crippen molar-refractivity contribution < 1.29 is 0 Å². The van der Waals surface area contributed by atoms with Crippen molar-refractivity contribution in [1.82, 2.24) is 4.90 Å². The van der Waals surface area contributed by atoms with Gasteiger partial charge in [-0.25, -0.2) is 0 Å². The highest BCUT2D eigenvalue weighted by molar-refractivity contribution is 14.0. The summed E-state index contributed by atoms with van der Waals surface area (Å²) in [4.78, 5) is 1.78. The summed E-state index contributed by atoms with van der Waals surface area (Å²) in [6.45, 7) is 0. The minimum atomic E-state index is 0. The van der Waals surface area contributed by atoms with Crippen molar-refractivity contribution >= 4 is 45.7 Å². The monoisotopic (exact) mass is 354 g/mol. The molecule has 0 amide bonds. The maximum atomic E-state index is 7.67. The SMILES string of the molecule is CN(C)C(=N)c1ccc(Br)cc1.I. The Morgan fingerprint density at radius 1 is 1.23 bits per heavy atom. The van der Waals surface area contributed by atoms with Crippen molar-refractivity contribution in [2.45, 2.75) is 0 Å². The molecule has 1 aromatic carbocycles. The molecular formula is C9H12BrIN2. The van der Waals surface area contributed by atoms with Gasteiger partial charge in [0, 0.05) is 24.1 Å². The summed E-state index contributed by atoms with van der Waals surface area (Å²) in [6.07, 6.45) is 0. The average Bonchev–Trinajstić information content (AvgIpc) is 2.04. The zero-order valence-corrected chi connectivity index (χ0v) is 11.5. The summed E-state index contributed by atoms with van der Waals surface area (Å²) >= 11 is 3.35. The molecule has 0 unspecified atom stereocenters. The topological polar surface area (TPSA) is 27.1 Å². The van der Waals surface area contributed by atoms with Crippen molar-refractivity contribution in [2.75, 3.05) is 14.1 Å². The van der Waals surface area contributed by atoms with Gasteiger partial charge in [-0.15, -0.1) is 24.0 Å². The van der Waals surface area contributed by atoms with E-state index in [2.05, 4.69) is 15.9 Å². The molecule has 0 aromatic heterocycles. The zero-order valence-electron chi connectivity index (χ0n) is 7.54. The van der Waals surface area contributed by atoms with Gasteiger partial charge in [-0.05, 0) is 12.1 Å². The van der Waals surface area contributed by atoms with Crippen LogP contribution in [0.5, 0.6) is 0 Å². The van der Waals surface area contributed by atoms with Crippen LogP contribution in [0.4, 0.5) is 0 Å². The van der Waals surface area contributed by atoms with Gasteiger partial charge in [0.1, 0.15) is 5.84 Å². The van der Waals surface area contributed by atoms with E-state index >= 15 is 0 Å². The van der Waals surface area contributed by atoms with E-state index < -0.39 is 0 Å². The van der Waals surface area contributed by atoms with Gasteiger partial charge in [-0.2, -0.15) is 0 Å². The Labute approximate surface area is 104 Å². The van der Waals surface area contributed by atoms with Crippen LogP contribution in [0, 0.1) is 5.41 Å². The predicted octanol–water partition coefficient (Wildman–Crippen LogP) is 2.95. The van der Waals surface area contributed by atoms with E-state index in [1.54, 1.807) is 4.90 Å². The number of halogens is 2. The van der Waals surface area contributed by atoms with Crippen LogP contribution in [-0.2, 0) is 0 Å². The summed E-state index contributed by atoms with van der Waals surface area (Å²) in [7, 11) is 3.73. The first-order valence-electron chi connectivity index (χ1n) is 3.63. The smallest absolute Gasteiger partial charge is 0.127 e. The molecule has 0 aliphatic rings. The Balaban J connectivity index is 0.00000144. The number of nitrogens with one attached hydrogen (secondary N) is 1. The molecule has 2 nitrogen and oxygen atoms in total. The summed E-state index contributed by atoms with van der Waals surface area (Å²) in [5, 5.41) is 7.67. The molecule has 0 fully saturated rings. The zero-order chi connectivity index (χ0) is 9.14. The van der Waals surface area contributed by atoms with Crippen LogP contribution in [0.25, 0.3) is 0 Å². The van der Waals surface area contributed by atoms with Crippen LogP contribution in [0.3, 0.4) is 0 Å². The highest BCUT2D eigenvalue weighted by atomic mass is 127. The average molecular weight is 355 g/mol. The van der Waals surface area contributed by atoms with Gasteiger partial charge < -0.3 is 4.90 Å². The summed E-state index contributed by atoms with van der Waals surface area (Å²) in [5.74, 6) is 0.530. The maximum Gasteiger partial charge on any atom is 0.127 e. The molecule has 4 heteroatoms. The largest absolute Gasteiger partial charge is 0.363 e. The molecule has 1 aromatic rings. The fourth-order valence-corrected chi connectivity index (χ4v) is 1.13. The van der Waals surface area contributed by atoms with Crippen molar-refractivity contribution in [3.8, 4) is 0 Å². The Bertz CT molecular complexity index is 282. The number of hydrogen-bond donors (Lipinski definition) is 1. The second-order valence-electron chi connectivity index (χ2n) is 2.75. The lowest BCUT2D eigenvalue weighted by atomic mass is 10.2. The first-order chi connectivity index (χ1) is 5.61. The van der Waals surface area contributed by atoms with E-state index in [1.807, 2.05) is 38.4 Å². The lowest BCUT2D eigenvalue weighted by Crippen LogP contribution is -2.21. The molecule has 0 heterocycles. The third-order valence-corrected chi connectivity index (χ3v) is 2.09. The van der Waals surface area contributed by atoms with E-state index in [4.69, 9.17) is 5.41 Å². The van der Waals surface area contributed by atoms with E-state index in [-0.39, 0.29) is 24.0 Å². The van der Waals surface area contributed by atoms with E-state index in [9.17, 15) is 0 Å². The minimum absolute atomic E-state index is 0. The first-order valence-corrected chi connectivity index (χ1v) is 4.42. The standard InChI is InChI=1S/C9H11BrN2.HI/c1-12(2)9(11)7-3-5-8(10)6-4-7;/h3-6,11H,1-2H3;1H. The third kappa shape index (κ3) is 3.64. The Morgan fingerprint density at radius 2 is 1.69 bits per heavy atom. The molecule has 72 valence electrons. The molecule has 0 bridgehead atoms. The lowest BCUT2D eigenvalue weighted by Gasteiger charge is -2.13. The quantitative estimate of drug-likeness (QED) is 0.468. The molecule has 0 aliphatic carbocycles. The number of nitrogens with zero attached hydrogens (tertiary/aromatic N) is 1. The summed E-state index contributed by atoms with van der Waals surface area (Å²) < 4.78 is 1.04. The normalized spacial score (nSPS) is 8.85. The summed E-state index contributed by atoms with van der Waals surface area (Å²) in [6, 6.07) is 7.72. The molecule has 1 rings (SSSR count). The van der Waals surface area contributed by atoms with Crippen molar-refractivity contribution in [3.05, 3.63) is 34.3 Å². The molecule has 0 aliphatic heterocycles. The van der Waals surface area contributed by atoms with E-state index in [0.717, 1.165) is 10.0 Å². The molecule has 1 N–H and O–H groups in total. The van der Waals surface area contributed by atoms with Crippen molar-refractivity contribution in [3.63, 3.8) is 0 Å². The molecule has 0 atom stereocenters. The molecule has 0 radical (unpaired) electrons. The Hall–Kier alpha value is -0.100. The molecular weight excluding hydrogens is 343 g/mol. The van der Waals surface area contributed by atoms with Gasteiger partial charge in [0.2, 0.25) is 0 Å². The van der Waals surface area contributed by atoms with E-state index in [1.165, 1.54) is 0 Å². The van der Waals surface area contributed by atoms with Gasteiger partial charge in [-0.1, -0.05) is 28.1 Å². The highest BCUT2D eigenvalue weighted by Gasteiger charge is 2.01. The predicted molar refractivity (Wildman–Crippen MR) is 70.1 cm³/mol. The van der Waals surface area contributed by atoms with Gasteiger partial charge in [0.05, 0.1) is 0 Å². The van der Waals surface area contributed by atoms with Crippen LogP contribution in [0.1, 0.15) is 5.56 Å². The lowest BCUT2D eigenvalue weighted by molar-refractivity contribution is 0.619. The van der Waals surface area contributed by atoms with Crippen LogP contribution < -0.4 is 0 Å². The van der Waals surface area contributed by atoms with Crippen LogP contribution in [0.15, 0.2) is 28.7 Å². The number of rotatable bonds is 1. The van der Waals surface area contributed by atoms with Crippen molar-refractivity contribution in [2.24, 2.45) is 0 Å². The minimum Gasteiger partial charge on any atom is -0.363 e. The number of hydrogen-bond acceptors (Lipinski definition) is 1. The van der Waals surface area contributed by atoms with Crippen LogP contribution in [0.2, 0.25) is 0 Å². The van der Waals surface area contributed by atoms with Gasteiger partial charge >= 0.3 is 0 Å². The molecule has 0 saturated heterocycles. The molecule has 0 spiro atoms. The number of amidine groups is 1. The van der Waals surface area contributed by atoms with E-state index in [0.29, 0.717) is 5.84 Å². The van der Waals surface area contributed by atoms with Crippen LogP contribution >= 0.6 is 39.9 Å². The highest BCUT2D eigenvalue weighted by Crippen LogP contribution is 2.11. The van der Waals surface area contributed by atoms with Gasteiger partial charge in [0.25, 0.3) is 0 Å². The third-order valence-electron chi connectivity index (χ3n) is 1.56. The second kappa shape index (κ2) is 5.59. The number of benzene rings is 1. The Morgan fingerprint density at radius 3 is 2.08 bits per heavy atom. The van der Waals surface area contributed by atoms with Gasteiger partial charge in [0.15, 0.2) is 0 Å². The molecule has 0 saturated carbocycles. The molecule has 13 heavy (non-hydrogen) atoms. The first kappa shape index (κ1) is 12.9. The maximum absolute atomic E-state index is 7.67. The summed E-state index contributed by atoms with van der Waals surface area (Å²) in [5.41, 5.74) is 0.934. The Kier molecular flexibility index (Phi) is 5.55.